The van der Waals surface area contributed by atoms with Gasteiger partial charge in [0.25, 0.3) is 0 Å². The second kappa shape index (κ2) is 9.63. The molecule has 0 aliphatic carbocycles. The van der Waals surface area contributed by atoms with Crippen LogP contribution >= 0.6 is 0 Å². The van der Waals surface area contributed by atoms with E-state index in [2.05, 4.69) is 4.98 Å². The van der Waals surface area contributed by atoms with E-state index in [1.807, 2.05) is 42.5 Å². The third-order valence-electron chi connectivity index (χ3n) is 6.33. The van der Waals surface area contributed by atoms with E-state index < -0.39 is 0 Å². The lowest BCUT2D eigenvalue weighted by Crippen LogP contribution is -2.43. The number of piperidine rings is 1. The Balaban J connectivity index is 1.53. The van der Waals surface area contributed by atoms with Gasteiger partial charge in [0.1, 0.15) is 22.8 Å². The van der Waals surface area contributed by atoms with Crippen LogP contribution in [0.25, 0.3) is 16.7 Å². The van der Waals surface area contributed by atoms with E-state index in [4.69, 9.17) is 15.6 Å². The Morgan fingerprint density at radius 3 is 2.57 bits per heavy atom. The summed E-state index contributed by atoms with van der Waals surface area (Å²) in [6.45, 7) is 0.838. The quantitative estimate of drug-likeness (QED) is 0.445. The number of amides is 1. The van der Waals surface area contributed by atoms with Gasteiger partial charge in [0.15, 0.2) is 0 Å². The maximum atomic E-state index is 13.8. The van der Waals surface area contributed by atoms with E-state index in [-0.39, 0.29) is 36.5 Å². The minimum atomic E-state index is -0.238. The summed E-state index contributed by atoms with van der Waals surface area (Å²) in [6.07, 6.45) is 3.20. The molecule has 1 atom stereocenters. The number of carbonyl (C=O) groups is 1. The van der Waals surface area contributed by atoms with Crippen LogP contribution in [0.4, 0.5) is 5.82 Å². The minimum Gasteiger partial charge on any atom is -0.457 e. The maximum Gasteiger partial charge on any atom is 0.334 e. The second-order valence-electron chi connectivity index (χ2n) is 8.57. The molecule has 0 bridgehead atoms. The number of imidazole rings is 1. The summed E-state index contributed by atoms with van der Waals surface area (Å²) >= 11 is 0. The number of rotatable bonds is 6. The van der Waals surface area contributed by atoms with Gasteiger partial charge in [0.05, 0.1) is 23.9 Å². The van der Waals surface area contributed by atoms with Gasteiger partial charge in [-0.2, -0.15) is 0 Å². The number of hydrogen-bond acceptors (Lipinski definition) is 6. The van der Waals surface area contributed by atoms with Gasteiger partial charge >= 0.3 is 5.69 Å². The predicted octanol–water partition coefficient (Wildman–Crippen LogP) is 3.11. The van der Waals surface area contributed by atoms with Gasteiger partial charge < -0.3 is 20.5 Å². The van der Waals surface area contributed by atoms with Gasteiger partial charge in [0.2, 0.25) is 5.91 Å². The average Bonchev–Trinajstić information content (AvgIpc) is 3.18. The molecule has 0 saturated carbocycles. The van der Waals surface area contributed by atoms with Crippen molar-refractivity contribution >= 4 is 22.8 Å². The molecule has 1 unspecified atom stereocenters. The van der Waals surface area contributed by atoms with Crippen molar-refractivity contribution in [1.82, 2.24) is 19.0 Å². The summed E-state index contributed by atoms with van der Waals surface area (Å²) in [5.41, 5.74) is 7.87. The Labute approximate surface area is 202 Å². The van der Waals surface area contributed by atoms with Gasteiger partial charge in [-0.05, 0) is 55.3 Å². The first-order chi connectivity index (χ1) is 17.1. The van der Waals surface area contributed by atoms with Crippen LogP contribution in [-0.2, 0) is 4.79 Å². The number of nitrogens with two attached hydrogens (primary N) is 1. The van der Waals surface area contributed by atoms with E-state index in [1.54, 1.807) is 38.4 Å². The molecule has 180 valence electrons. The van der Waals surface area contributed by atoms with E-state index in [9.17, 15) is 9.59 Å². The van der Waals surface area contributed by atoms with Crippen LogP contribution in [0.2, 0.25) is 0 Å². The van der Waals surface area contributed by atoms with Crippen LogP contribution in [-0.4, -0.2) is 49.7 Å². The lowest BCUT2D eigenvalue weighted by atomic mass is 10.0. The molecule has 3 N–H and O–H groups in total. The average molecular weight is 474 g/mol. The first-order valence-corrected chi connectivity index (χ1v) is 11.7. The SMILES string of the molecule is Nc1nccc2c1n(-c1ccc(Oc3ccccc3)cc1)c(=O)n2C1CCCN(C(=O)CCO)C1. The van der Waals surface area contributed by atoms with Crippen molar-refractivity contribution in [2.24, 2.45) is 0 Å². The zero-order valence-electron chi connectivity index (χ0n) is 19.2. The number of hydrogen-bond donors (Lipinski definition) is 2. The molecule has 1 aliphatic heterocycles. The van der Waals surface area contributed by atoms with Gasteiger partial charge in [0, 0.05) is 25.7 Å². The Hall–Kier alpha value is -4.11. The molecule has 1 aliphatic rings. The van der Waals surface area contributed by atoms with Crippen LogP contribution in [0.1, 0.15) is 25.3 Å². The summed E-state index contributed by atoms with van der Waals surface area (Å²) in [5.74, 6) is 1.52. The molecule has 4 aromatic rings. The number of fused-ring (bicyclic) bond motifs is 1. The summed E-state index contributed by atoms with van der Waals surface area (Å²) in [7, 11) is 0. The van der Waals surface area contributed by atoms with Crippen LogP contribution in [0, 0.1) is 0 Å². The molecule has 2 aromatic heterocycles. The monoisotopic (exact) mass is 473 g/mol. The van der Waals surface area contributed by atoms with Crippen molar-refractivity contribution in [3.63, 3.8) is 0 Å². The number of nitrogen functional groups attached to an aromatic ring is 1. The molecule has 2 aromatic carbocycles. The van der Waals surface area contributed by atoms with Crippen molar-refractivity contribution in [2.45, 2.75) is 25.3 Å². The zero-order chi connectivity index (χ0) is 24.4. The van der Waals surface area contributed by atoms with Crippen molar-refractivity contribution in [2.75, 3.05) is 25.4 Å². The van der Waals surface area contributed by atoms with Crippen LogP contribution < -0.4 is 16.2 Å². The van der Waals surface area contributed by atoms with E-state index in [0.29, 0.717) is 35.6 Å². The summed E-state index contributed by atoms with van der Waals surface area (Å²) in [4.78, 5) is 32.1. The Morgan fingerprint density at radius 1 is 1.09 bits per heavy atom. The molecule has 0 spiro atoms. The standard InChI is InChI=1S/C26H27N5O4/c27-25-24-22(12-14-28-25)30(19-5-4-15-29(17-19)23(33)13-16-32)26(34)31(24)18-8-10-21(11-9-18)35-20-6-2-1-3-7-20/h1-3,6-12,14,19,32H,4-5,13,15-17H2,(H2,27,28). The minimum absolute atomic E-state index is 0.0810. The third-order valence-corrected chi connectivity index (χ3v) is 6.33. The normalized spacial score (nSPS) is 15.9. The number of pyridine rings is 1. The van der Waals surface area contributed by atoms with Gasteiger partial charge in [-0.3, -0.25) is 13.9 Å². The molecule has 5 rings (SSSR count). The number of anilines is 1. The lowest BCUT2D eigenvalue weighted by molar-refractivity contribution is -0.133. The third kappa shape index (κ3) is 4.38. The van der Waals surface area contributed by atoms with Crippen LogP contribution in [0.5, 0.6) is 11.5 Å². The Bertz CT molecular complexity index is 1400. The predicted molar refractivity (Wildman–Crippen MR) is 133 cm³/mol. The van der Waals surface area contributed by atoms with E-state index in [1.165, 1.54) is 0 Å². The first kappa shape index (κ1) is 22.7. The molecule has 0 radical (unpaired) electrons. The maximum absolute atomic E-state index is 13.8. The fourth-order valence-corrected chi connectivity index (χ4v) is 4.72. The number of para-hydroxylation sites is 1. The highest BCUT2D eigenvalue weighted by molar-refractivity contribution is 5.87. The largest absolute Gasteiger partial charge is 0.457 e. The molecule has 3 heterocycles. The van der Waals surface area contributed by atoms with Crippen LogP contribution in [0.15, 0.2) is 71.7 Å². The number of aliphatic hydroxyl groups is 1. The number of nitrogens with zero attached hydrogens (tertiary/aromatic N) is 4. The zero-order valence-corrected chi connectivity index (χ0v) is 19.2. The summed E-state index contributed by atoms with van der Waals surface area (Å²) < 4.78 is 9.17. The van der Waals surface area contributed by atoms with Gasteiger partial charge in [-0.1, -0.05) is 18.2 Å². The Morgan fingerprint density at radius 2 is 1.83 bits per heavy atom. The fraction of sp³-hybridized carbons (Fsp3) is 0.269. The number of carbonyl (C=O) groups excluding carboxylic acids is 1. The van der Waals surface area contributed by atoms with Gasteiger partial charge in [-0.15, -0.1) is 0 Å². The molecule has 1 saturated heterocycles. The highest BCUT2D eigenvalue weighted by Gasteiger charge is 2.29. The fourth-order valence-electron chi connectivity index (χ4n) is 4.72. The smallest absolute Gasteiger partial charge is 0.334 e. The topological polar surface area (TPSA) is 116 Å². The number of likely N-dealkylation sites (tertiary alicyclic amines) is 1. The van der Waals surface area contributed by atoms with Crippen molar-refractivity contribution in [3.05, 3.63) is 77.3 Å². The summed E-state index contributed by atoms with van der Waals surface area (Å²) in [6, 6.07) is 18.3. The van der Waals surface area contributed by atoms with Crippen LogP contribution in [0.3, 0.4) is 0 Å². The van der Waals surface area contributed by atoms with Crippen molar-refractivity contribution in [3.8, 4) is 17.2 Å². The molecule has 9 heteroatoms. The lowest BCUT2D eigenvalue weighted by Gasteiger charge is -2.33. The van der Waals surface area contributed by atoms with E-state index in [0.717, 1.165) is 18.6 Å². The van der Waals surface area contributed by atoms with E-state index >= 15 is 0 Å². The number of benzene rings is 2. The molecular formula is C26H27N5O4. The Kier molecular flexibility index (Phi) is 6.24. The van der Waals surface area contributed by atoms with Crippen molar-refractivity contribution < 1.29 is 14.6 Å². The second-order valence-corrected chi connectivity index (χ2v) is 8.57. The number of aliphatic hydroxyl groups excluding tert-OH is 1. The number of aromatic nitrogens is 3. The highest BCUT2D eigenvalue weighted by atomic mass is 16.5. The molecule has 1 amide bonds. The molecule has 9 nitrogen and oxygen atoms in total. The van der Waals surface area contributed by atoms with Gasteiger partial charge in [-0.25, -0.2) is 9.78 Å². The highest BCUT2D eigenvalue weighted by Crippen LogP contribution is 2.29. The summed E-state index contributed by atoms with van der Waals surface area (Å²) in [5, 5.41) is 9.16. The molecule has 1 fully saturated rings. The number of ether oxygens (including phenoxy) is 1. The molecule has 35 heavy (non-hydrogen) atoms. The van der Waals surface area contributed by atoms with Crippen molar-refractivity contribution in [1.29, 1.82) is 0 Å². The molecular weight excluding hydrogens is 446 g/mol. The first-order valence-electron chi connectivity index (χ1n) is 11.7.